The molecular weight excluding hydrogens is 244 g/mol. The van der Waals surface area contributed by atoms with Crippen LogP contribution in [-0.4, -0.2) is 5.11 Å². The number of hydrogen-bond acceptors (Lipinski definition) is 3. The molecule has 1 aromatic carbocycles. The third-order valence-electron chi connectivity index (χ3n) is 2.05. The minimum absolute atomic E-state index is 0.169. The summed E-state index contributed by atoms with van der Waals surface area (Å²) in [4.78, 5) is 0. The Bertz CT molecular complexity index is 384. The zero-order valence-corrected chi connectivity index (χ0v) is 9.37. The molecule has 0 heterocycles. The van der Waals surface area contributed by atoms with E-state index in [-0.39, 0.29) is 12.2 Å². The monoisotopic (exact) mass is 254 g/mol. The third kappa shape index (κ3) is 2.06. The zero-order valence-electron chi connectivity index (χ0n) is 7.79. The highest BCUT2D eigenvalue weighted by molar-refractivity contribution is 9.10. The largest absolute Gasteiger partial charge is 0.507 e. The first kappa shape index (κ1) is 11.0. The quantitative estimate of drug-likeness (QED) is 0.852. The topological polar surface area (TPSA) is 70.0 Å². The summed E-state index contributed by atoms with van der Waals surface area (Å²) in [6, 6.07) is 5.15. The number of nitriles is 1. The fourth-order valence-electron chi connectivity index (χ4n) is 1.25. The molecule has 14 heavy (non-hydrogen) atoms. The molecule has 74 valence electrons. The highest BCUT2D eigenvalue weighted by atomic mass is 79.9. The summed E-state index contributed by atoms with van der Waals surface area (Å²) in [6.45, 7) is 1.80. The van der Waals surface area contributed by atoms with Crippen LogP contribution in [0.2, 0.25) is 0 Å². The van der Waals surface area contributed by atoms with Crippen molar-refractivity contribution in [2.75, 3.05) is 0 Å². The van der Waals surface area contributed by atoms with E-state index in [1.165, 1.54) is 0 Å². The fraction of sp³-hybridized carbons (Fsp3) is 0.300. The first-order valence-corrected chi connectivity index (χ1v) is 4.97. The second-order valence-corrected chi connectivity index (χ2v) is 3.95. The molecule has 1 aromatic rings. The van der Waals surface area contributed by atoms with Crippen LogP contribution in [0.25, 0.3) is 0 Å². The van der Waals surface area contributed by atoms with Gasteiger partial charge in [0.05, 0.1) is 12.5 Å². The van der Waals surface area contributed by atoms with Crippen LogP contribution in [0.3, 0.4) is 0 Å². The normalized spacial score (nSPS) is 12.1. The number of benzene rings is 1. The van der Waals surface area contributed by atoms with E-state index in [0.29, 0.717) is 5.56 Å². The van der Waals surface area contributed by atoms with E-state index in [4.69, 9.17) is 11.0 Å². The van der Waals surface area contributed by atoms with Crippen molar-refractivity contribution in [1.82, 2.24) is 0 Å². The number of rotatable bonds is 2. The van der Waals surface area contributed by atoms with E-state index in [9.17, 15) is 5.11 Å². The predicted octanol–water partition coefficient (Wildman–Crippen LogP) is 2.38. The van der Waals surface area contributed by atoms with Crippen molar-refractivity contribution < 1.29 is 5.11 Å². The molecule has 0 saturated heterocycles. The lowest BCUT2D eigenvalue weighted by atomic mass is 10.0. The molecule has 0 radical (unpaired) electrons. The average Bonchev–Trinajstić information content (AvgIpc) is 2.13. The Balaban J connectivity index is 3.19. The Morgan fingerprint density at radius 2 is 2.29 bits per heavy atom. The van der Waals surface area contributed by atoms with Gasteiger partial charge in [0.2, 0.25) is 0 Å². The highest BCUT2D eigenvalue weighted by Gasteiger charge is 2.15. The molecule has 0 aliphatic heterocycles. The zero-order chi connectivity index (χ0) is 10.7. The van der Waals surface area contributed by atoms with Crippen molar-refractivity contribution in [2.45, 2.75) is 19.4 Å². The minimum atomic E-state index is -0.450. The first-order chi connectivity index (χ1) is 6.57. The number of hydrogen-bond donors (Lipinski definition) is 2. The number of aryl methyl sites for hydroxylation is 1. The summed E-state index contributed by atoms with van der Waals surface area (Å²) in [6.07, 6.45) is 0.190. The van der Waals surface area contributed by atoms with Gasteiger partial charge < -0.3 is 10.8 Å². The molecule has 0 fully saturated rings. The highest BCUT2D eigenvalue weighted by Crippen LogP contribution is 2.34. The first-order valence-electron chi connectivity index (χ1n) is 4.18. The summed E-state index contributed by atoms with van der Waals surface area (Å²) in [7, 11) is 0. The second-order valence-electron chi connectivity index (χ2n) is 3.10. The van der Waals surface area contributed by atoms with Crippen molar-refractivity contribution in [1.29, 1.82) is 5.26 Å². The number of halogens is 1. The Hall–Kier alpha value is -1.05. The van der Waals surface area contributed by atoms with E-state index in [2.05, 4.69) is 15.9 Å². The van der Waals surface area contributed by atoms with Gasteiger partial charge in [-0.1, -0.05) is 22.0 Å². The predicted molar refractivity (Wildman–Crippen MR) is 57.7 cm³/mol. The van der Waals surface area contributed by atoms with Crippen LogP contribution in [0, 0.1) is 18.3 Å². The van der Waals surface area contributed by atoms with Gasteiger partial charge in [0.25, 0.3) is 0 Å². The number of nitrogens with zero attached hydrogens (tertiary/aromatic N) is 1. The van der Waals surface area contributed by atoms with Crippen LogP contribution < -0.4 is 5.73 Å². The molecule has 1 unspecified atom stereocenters. The molecule has 3 nitrogen and oxygen atoms in total. The van der Waals surface area contributed by atoms with Crippen molar-refractivity contribution in [3.05, 3.63) is 27.7 Å². The maximum absolute atomic E-state index is 9.76. The summed E-state index contributed by atoms with van der Waals surface area (Å²) < 4.78 is 0.739. The molecule has 0 aromatic heterocycles. The summed E-state index contributed by atoms with van der Waals surface area (Å²) >= 11 is 3.30. The van der Waals surface area contributed by atoms with Crippen LogP contribution >= 0.6 is 15.9 Å². The number of nitrogens with two attached hydrogens (primary N) is 1. The van der Waals surface area contributed by atoms with Crippen molar-refractivity contribution in [3.8, 4) is 11.8 Å². The SMILES string of the molecule is Cc1ccc(Br)c(C(N)CC#N)c1O. The molecule has 0 bridgehead atoms. The van der Waals surface area contributed by atoms with Gasteiger partial charge >= 0.3 is 0 Å². The Kier molecular flexibility index (Phi) is 3.50. The van der Waals surface area contributed by atoms with Gasteiger partial charge in [-0.25, -0.2) is 0 Å². The maximum atomic E-state index is 9.76. The third-order valence-corrected chi connectivity index (χ3v) is 2.74. The van der Waals surface area contributed by atoms with Crippen molar-refractivity contribution in [2.24, 2.45) is 5.73 Å². The van der Waals surface area contributed by atoms with E-state index in [1.54, 1.807) is 13.0 Å². The van der Waals surface area contributed by atoms with E-state index in [1.807, 2.05) is 12.1 Å². The van der Waals surface area contributed by atoms with Crippen molar-refractivity contribution in [3.63, 3.8) is 0 Å². The van der Waals surface area contributed by atoms with E-state index < -0.39 is 6.04 Å². The Morgan fingerprint density at radius 3 is 2.86 bits per heavy atom. The molecule has 0 amide bonds. The molecule has 3 N–H and O–H groups in total. The maximum Gasteiger partial charge on any atom is 0.124 e. The smallest absolute Gasteiger partial charge is 0.124 e. The summed E-state index contributed by atoms with van der Waals surface area (Å²) in [5.74, 6) is 0.169. The van der Waals surface area contributed by atoms with Gasteiger partial charge in [0.15, 0.2) is 0 Å². The lowest BCUT2D eigenvalue weighted by molar-refractivity contribution is 0.457. The van der Waals surface area contributed by atoms with E-state index >= 15 is 0 Å². The number of aromatic hydroxyl groups is 1. The molecule has 0 saturated carbocycles. The van der Waals surface area contributed by atoms with Crippen LogP contribution in [0.4, 0.5) is 0 Å². The van der Waals surface area contributed by atoms with Crippen LogP contribution in [0.15, 0.2) is 16.6 Å². The minimum Gasteiger partial charge on any atom is -0.507 e. The molecule has 1 rings (SSSR count). The van der Waals surface area contributed by atoms with Crippen molar-refractivity contribution >= 4 is 15.9 Å². The Morgan fingerprint density at radius 1 is 1.64 bits per heavy atom. The van der Waals surface area contributed by atoms with Gasteiger partial charge in [-0.3, -0.25) is 0 Å². The number of phenolic OH excluding ortho intramolecular Hbond substituents is 1. The van der Waals surface area contributed by atoms with Gasteiger partial charge in [-0.2, -0.15) is 5.26 Å². The molecule has 4 heteroatoms. The summed E-state index contributed by atoms with van der Waals surface area (Å²) in [5, 5.41) is 18.3. The summed E-state index contributed by atoms with van der Waals surface area (Å²) in [5.41, 5.74) is 7.13. The van der Waals surface area contributed by atoms with Crippen LogP contribution in [-0.2, 0) is 0 Å². The lowest BCUT2D eigenvalue weighted by Gasteiger charge is -2.14. The molecule has 0 spiro atoms. The van der Waals surface area contributed by atoms with Gasteiger partial charge in [0, 0.05) is 16.1 Å². The van der Waals surface area contributed by atoms with Gasteiger partial charge in [0.1, 0.15) is 5.75 Å². The molecule has 1 atom stereocenters. The Labute approximate surface area is 91.3 Å². The molecule has 0 aliphatic rings. The van der Waals surface area contributed by atoms with Gasteiger partial charge in [-0.15, -0.1) is 0 Å². The standard InChI is InChI=1S/C10H11BrN2O/c1-6-2-3-7(11)9(10(6)14)8(13)4-5-12/h2-3,8,14H,4,13H2,1H3. The van der Waals surface area contributed by atoms with Crippen LogP contribution in [0.1, 0.15) is 23.6 Å². The average molecular weight is 255 g/mol. The second kappa shape index (κ2) is 4.45. The van der Waals surface area contributed by atoms with Crippen LogP contribution in [0.5, 0.6) is 5.75 Å². The molecule has 0 aliphatic carbocycles. The van der Waals surface area contributed by atoms with E-state index in [0.717, 1.165) is 10.0 Å². The number of phenols is 1. The fourth-order valence-corrected chi connectivity index (χ4v) is 1.86. The van der Waals surface area contributed by atoms with Gasteiger partial charge in [-0.05, 0) is 18.6 Å². The lowest BCUT2D eigenvalue weighted by Crippen LogP contribution is -2.10. The molecular formula is C10H11BrN2O.